The van der Waals surface area contributed by atoms with Gasteiger partial charge in [0.15, 0.2) is 23.1 Å². The number of amides is 2. The van der Waals surface area contributed by atoms with Crippen molar-refractivity contribution >= 4 is 29.1 Å². The Labute approximate surface area is 335 Å². The highest BCUT2D eigenvalue weighted by Crippen LogP contribution is 2.35. The van der Waals surface area contributed by atoms with Crippen LogP contribution in [0, 0.1) is 19.7 Å². The number of piperazine rings is 2. The van der Waals surface area contributed by atoms with Crippen LogP contribution in [0.2, 0.25) is 0 Å². The molecule has 304 valence electrons. The summed E-state index contributed by atoms with van der Waals surface area (Å²) in [5, 5.41) is 6.00. The van der Waals surface area contributed by atoms with E-state index < -0.39 is 11.7 Å². The number of anilines is 3. The van der Waals surface area contributed by atoms with E-state index in [-0.39, 0.29) is 40.5 Å². The van der Waals surface area contributed by atoms with Gasteiger partial charge < -0.3 is 34.6 Å². The number of nitrogens with zero attached hydrogens (tertiary/aromatic N) is 6. The molecule has 0 saturated carbocycles. The minimum Gasteiger partial charge on any atom is -0.493 e. The first kappa shape index (κ1) is 41.3. The summed E-state index contributed by atoms with van der Waals surface area (Å²) in [7, 11) is 1.48. The highest BCUT2D eigenvalue weighted by molar-refractivity contribution is 6.06. The normalized spacial score (nSPS) is 15.4. The van der Waals surface area contributed by atoms with E-state index in [4.69, 9.17) is 14.2 Å². The van der Waals surface area contributed by atoms with Crippen molar-refractivity contribution in [3.05, 3.63) is 88.9 Å². The van der Waals surface area contributed by atoms with Crippen molar-refractivity contribution in [3.8, 4) is 23.1 Å². The van der Waals surface area contributed by atoms with Crippen LogP contribution in [0.4, 0.5) is 21.7 Å². The fraction of sp³-hybridized carbons (Fsp3) is 0.442. The summed E-state index contributed by atoms with van der Waals surface area (Å²) in [6.45, 7) is 19.4. The third-order valence-electron chi connectivity index (χ3n) is 10.5. The molecule has 0 atom stereocenters. The third-order valence-corrected chi connectivity index (χ3v) is 10.5. The molecular weight excluding hydrogens is 728 g/mol. The number of hydrogen-bond acceptors (Lipinski definition) is 11. The van der Waals surface area contributed by atoms with Crippen molar-refractivity contribution in [2.24, 2.45) is 0 Å². The minimum absolute atomic E-state index is 0.0511. The second kappa shape index (κ2) is 19.2. The molecule has 0 spiro atoms. The van der Waals surface area contributed by atoms with Crippen molar-refractivity contribution in [1.82, 2.24) is 29.6 Å². The van der Waals surface area contributed by atoms with E-state index in [9.17, 15) is 9.59 Å². The van der Waals surface area contributed by atoms with E-state index in [0.29, 0.717) is 42.7 Å². The van der Waals surface area contributed by atoms with Gasteiger partial charge in [-0.3, -0.25) is 19.4 Å². The van der Waals surface area contributed by atoms with Crippen LogP contribution >= 0.6 is 0 Å². The van der Waals surface area contributed by atoms with Gasteiger partial charge in [-0.25, -0.2) is 9.37 Å². The number of nitrogens with one attached hydrogen (secondary N) is 2. The molecule has 14 heteroatoms. The Kier molecular flexibility index (Phi) is 13.9. The largest absolute Gasteiger partial charge is 0.493 e. The number of benzene rings is 3. The lowest BCUT2D eigenvalue weighted by Gasteiger charge is -2.37. The van der Waals surface area contributed by atoms with Gasteiger partial charge in [0.2, 0.25) is 11.8 Å². The zero-order valence-electron chi connectivity index (χ0n) is 33.9. The molecule has 4 aromatic rings. The Balaban J connectivity index is 1.19. The average molecular weight is 783 g/mol. The molecule has 3 heterocycles. The fourth-order valence-electron chi connectivity index (χ4n) is 7.13. The lowest BCUT2D eigenvalue weighted by molar-refractivity contribution is 0.0595. The summed E-state index contributed by atoms with van der Waals surface area (Å²) in [6.07, 6.45) is 2.50. The number of aromatic nitrogens is 2. The molecule has 6 rings (SSSR count). The Morgan fingerprint density at radius 2 is 1.54 bits per heavy atom. The topological polar surface area (TPSA) is 125 Å². The van der Waals surface area contributed by atoms with Crippen LogP contribution in [0.25, 0.3) is 0 Å². The van der Waals surface area contributed by atoms with E-state index in [0.717, 1.165) is 69.9 Å². The monoisotopic (exact) mass is 782 g/mol. The van der Waals surface area contributed by atoms with Crippen LogP contribution in [0.3, 0.4) is 0 Å². The zero-order valence-corrected chi connectivity index (χ0v) is 33.9. The van der Waals surface area contributed by atoms with Crippen molar-refractivity contribution < 1.29 is 28.2 Å². The number of hydrogen-bond donors (Lipinski definition) is 2. The molecule has 2 aliphatic heterocycles. The number of carbonyl (C=O) groups excluding carboxylic acids is 2. The van der Waals surface area contributed by atoms with Crippen LogP contribution in [-0.2, 0) is 0 Å². The summed E-state index contributed by atoms with van der Waals surface area (Å²) in [5.41, 5.74) is 3.32. The van der Waals surface area contributed by atoms with Gasteiger partial charge in [-0.1, -0.05) is 25.1 Å². The Bertz CT molecular complexity index is 1990. The maximum Gasteiger partial charge on any atom is 0.262 e. The number of para-hydroxylation sites is 1. The third kappa shape index (κ3) is 10.6. The predicted octanol–water partition coefficient (Wildman–Crippen LogP) is 6.60. The van der Waals surface area contributed by atoms with Crippen LogP contribution in [-0.4, -0.2) is 127 Å². The van der Waals surface area contributed by atoms with Gasteiger partial charge in [0, 0.05) is 94.1 Å². The van der Waals surface area contributed by atoms with Gasteiger partial charge in [-0.2, -0.15) is 4.98 Å². The van der Waals surface area contributed by atoms with E-state index in [1.807, 2.05) is 36.9 Å². The quantitative estimate of drug-likeness (QED) is 0.136. The molecule has 57 heavy (non-hydrogen) atoms. The van der Waals surface area contributed by atoms with Crippen LogP contribution in [0.15, 0.2) is 60.8 Å². The second-order valence-corrected chi connectivity index (χ2v) is 14.8. The molecule has 2 fully saturated rings. The lowest BCUT2D eigenvalue weighted by Crippen LogP contribution is -2.50. The van der Waals surface area contributed by atoms with E-state index in [2.05, 4.69) is 56.1 Å². The van der Waals surface area contributed by atoms with E-state index >= 15 is 4.39 Å². The fourth-order valence-corrected chi connectivity index (χ4v) is 7.13. The summed E-state index contributed by atoms with van der Waals surface area (Å²) in [5.74, 6) is -0.460. The number of methoxy groups -OCH3 is 1. The molecule has 2 N–H and O–H groups in total. The Morgan fingerprint density at radius 3 is 2.19 bits per heavy atom. The molecule has 2 amide bonds. The SMILES string of the molecule is CCCN1CCN(CCOc2ccc(Nc3ncc(C(=O)Nc4c(C)cccc4C)c(Oc4ccc(C(=O)N5CCN(C(C)C)CC5)cc4OC)n3)cc2F)CC1. The molecule has 1 aromatic heterocycles. The second-order valence-electron chi connectivity index (χ2n) is 14.8. The van der Waals surface area contributed by atoms with Crippen molar-refractivity contribution in [3.63, 3.8) is 0 Å². The van der Waals surface area contributed by atoms with Crippen LogP contribution in [0.1, 0.15) is 59.0 Å². The first-order chi connectivity index (χ1) is 27.5. The van der Waals surface area contributed by atoms with Crippen LogP contribution < -0.4 is 24.8 Å². The predicted molar refractivity (Wildman–Crippen MR) is 220 cm³/mol. The molecular formula is C43H55FN8O5. The molecule has 2 aliphatic rings. The number of ether oxygens (including phenoxy) is 3. The van der Waals surface area contributed by atoms with Crippen molar-refractivity contribution in [2.45, 2.75) is 47.1 Å². The summed E-state index contributed by atoms with van der Waals surface area (Å²) >= 11 is 0. The van der Waals surface area contributed by atoms with Crippen molar-refractivity contribution in [1.29, 1.82) is 0 Å². The molecule has 3 aromatic carbocycles. The van der Waals surface area contributed by atoms with Gasteiger partial charge in [0.1, 0.15) is 12.2 Å². The van der Waals surface area contributed by atoms with E-state index in [1.165, 1.54) is 19.4 Å². The summed E-state index contributed by atoms with van der Waals surface area (Å²) in [6, 6.07) is 15.6. The van der Waals surface area contributed by atoms with Gasteiger partial charge in [-0.15, -0.1) is 0 Å². The molecule has 2 saturated heterocycles. The van der Waals surface area contributed by atoms with Gasteiger partial charge in [0.25, 0.3) is 11.8 Å². The number of aryl methyl sites for hydroxylation is 2. The van der Waals surface area contributed by atoms with Gasteiger partial charge >= 0.3 is 0 Å². The first-order valence-corrected chi connectivity index (χ1v) is 19.8. The number of halogens is 1. The average Bonchev–Trinajstić information content (AvgIpc) is 3.21. The standard InChI is InChI=1S/C43H55FN8O5/c1-7-15-49-16-18-50(19-17-49)24-25-56-36-14-12-33(27-35(36)44)46-43-45-28-34(40(53)47-39-30(4)9-8-10-31(39)5)41(48-43)57-37-13-11-32(26-38(37)55-6)42(54)52-22-20-51(21-23-52)29(2)3/h8-14,26-29H,7,15-25H2,1-6H3,(H,47,53)(H,45,46,48). The number of carbonyl (C=O) groups is 2. The highest BCUT2D eigenvalue weighted by atomic mass is 19.1. The summed E-state index contributed by atoms with van der Waals surface area (Å²) < 4.78 is 33.0. The van der Waals surface area contributed by atoms with Gasteiger partial charge in [0.05, 0.1) is 7.11 Å². The zero-order chi connectivity index (χ0) is 40.5. The molecule has 0 radical (unpaired) electrons. The minimum atomic E-state index is -0.532. The smallest absolute Gasteiger partial charge is 0.262 e. The van der Waals surface area contributed by atoms with E-state index in [1.54, 1.807) is 30.3 Å². The maximum atomic E-state index is 15.3. The van der Waals surface area contributed by atoms with Gasteiger partial charge in [-0.05, 0) is 82.1 Å². The molecule has 13 nitrogen and oxygen atoms in total. The maximum absolute atomic E-state index is 15.3. The Hall–Kier alpha value is -5.31. The number of rotatable bonds is 15. The van der Waals surface area contributed by atoms with Crippen molar-refractivity contribution in [2.75, 3.05) is 89.8 Å². The molecule has 0 unspecified atom stereocenters. The molecule has 0 bridgehead atoms. The first-order valence-electron chi connectivity index (χ1n) is 19.8. The highest BCUT2D eigenvalue weighted by Gasteiger charge is 2.26. The van der Waals surface area contributed by atoms with Crippen LogP contribution in [0.5, 0.6) is 23.1 Å². The lowest BCUT2D eigenvalue weighted by atomic mass is 10.1. The summed E-state index contributed by atoms with van der Waals surface area (Å²) in [4.78, 5) is 45.2. The molecule has 0 aliphatic carbocycles. The Morgan fingerprint density at radius 1 is 0.860 bits per heavy atom.